The molecule has 0 saturated heterocycles. The molecular weight excluding hydrogens is 314 g/mol. The van der Waals surface area contributed by atoms with Crippen LogP contribution in [0, 0.1) is 6.92 Å². The summed E-state index contributed by atoms with van der Waals surface area (Å²) in [5.41, 5.74) is 1.11. The van der Waals surface area contributed by atoms with Gasteiger partial charge in [-0.25, -0.2) is 0 Å². The van der Waals surface area contributed by atoms with Gasteiger partial charge in [0.1, 0.15) is 10.8 Å². The van der Waals surface area contributed by atoms with Crippen molar-refractivity contribution in [2.24, 2.45) is 0 Å². The van der Waals surface area contributed by atoms with E-state index in [-0.39, 0.29) is 5.91 Å². The Morgan fingerprint density at radius 1 is 1.30 bits per heavy atom. The maximum Gasteiger partial charge on any atom is 0.234 e. The van der Waals surface area contributed by atoms with Crippen molar-refractivity contribution in [3.63, 3.8) is 0 Å². The number of methoxy groups -OCH3 is 1. The van der Waals surface area contributed by atoms with Crippen molar-refractivity contribution in [2.45, 2.75) is 26.3 Å². The van der Waals surface area contributed by atoms with Crippen molar-refractivity contribution >= 4 is 22.2 Å². The van der Waals surface area contributed by atoms with Crippen molar-refractivity contribution in [2.75, 3.05) is 7.11 Å². The molecule has 2 aromatic heterocycles. The van der Waals surface area contributed by atoms with E-state index >= 15 is 0 Å². The van der Waals surface area contributed by atoms with E-state index in [2.05, 4.69) is 20.6 Å². The van der Waals surface area contributed by atoms with Crippen LogP contribution < -0.4 is 10.1 Å². The van der Waals surface area contributed by atoms with Gasteiger partial charge in [-0.2, -0.15) is 9.61 Å². The second kappa shape index (κ2) is 6.74. The Bertz CT molecular complexity index is 809. The summed E-state index contributed by atoms with van der Waals surface area (Å²) in [5, 5.41) is 16.0. The van der Waals surface area contributed by atoms with Crippen LogP contribution in [0.2, 0.25) is 0 Å². The normalized spacial score (nSPS) is 10.9. The molecule has 0 atom stereocenters. The molecule has 0 unspecified atom stereocenters. The number of nitrogens with zero attached hydrogens (tertiary/aromatic N) is 4. The molecule has 23 heavy (non-hydrogen) atoms. The van der Waals surface area contributed by atoms with Crippen LogP contribution in [0.1, 0.15) is 22.8 Å². The first-order valence-electron chi connectivity index (χ1n) is 7.23. The van der Waals surface area contributed by atoms with Gasteiger partial charge in [0, 0.05) is 6.42 Å². The number of amides is 1. The largest absolute Gasteiger partial charge is 0.497 e. The van der Waals surface area contributed by atoms with Crippen molar-refractivity contribution < 1.29 is 9.53 Å². The second-order valence-electron chi connectivity index (χ2n) is 5.06. The quantitative estimate of drug-likeness (QED) is 0.744. The van der Waals surface area contributed by atoms with E-state index in [1.54, 1.807) is 11.6 Å². The number of hydrogen-bond donors (Lipinski definition) is 1. The third-order valence-corrected chi connectivity index (χ3v) is 4.32. The number of carbonyl (C=O) groups excluding carboxylic acids is 1. The molecule has 8 heteroatoms. The first-order chi connectivity index (χ1) is 11.2. The fourth-order valence-corrected chi connectivity index (χ4v) is 2.96. The maximum absolute atomic E-state index is 11.9. The third kappa shape index (κ3) is 3.65. The van der Waals surface area contributed by atoms with Gasteiger partial charge < -0.3 is 10.1 Å². The Labute approximate surface area is 137 Å². The Kier molecular flexibility index (Phi) is 4.52. The van der Waals surface area contributed by atoms with Crippen LogP contribution in [-0.2, 0) is 17.8 Å². The van der Waals surface area contributed by atoms with E-state index in [9.17, 15) is 4.79 Å². The summed E-state index contributed by atoms with van der Waals surface area (Å²) >= 11 is 1.43. The minimum atomic E-state index is 0.00325. The fourth-order valence-electron chi connectivity index (χ4n) is 2.14. The van der Waals surface area contributed by atoms with Crippen LogP contribution in [0.25, 0.3) is 4.96 Å². The molecule has 0 aliphatic rings. The second-order valence-corrected chi connectivity index (χ2v) is 6.10. The number of ether oxygens (including phenoxy) is 1. The molecule has 3 rings (SSSR count). The molecule has 120 valence electrons. The topological polar surface area (TPSA) is 81.4 Å². The number of aryl methyl sites for hydroxylation is 2. The summed E-state index contributed by atoms with van der Waals surface area (Å²) in [6.07, 6.45) is 1.13. The predicted octanol–water partition coefficient (Wildman–Crippen LogP) is 1.75. The molecule has 7 nitrogen and oxygen atoms in total. The van der Waals surface area contributed by atoms with E-state index in [1.807, 2.05) is 31.2 Å². The summed E-state index contributed by atoms with van der Waals surface area (Å²) in [7, 11) is 1.63. The monoisotopic (exact) mass is 331 g/mol. The number of carbonyl (C=O) groups is 1. The number of benzene rings is 1. The lowest BCUT2D eigenvalue weighted by Gasteiger charge is -2.04. The highest BCUT2D eigenvalue weighted by Gasteiger charge is 2.09. The van der Waals surface area contributed by atoms with Crippen molar-refractivity contribution in [3.8, 4) is 5.75 Å². The van der Waals surface area contributed by atoms with E-state index in [4.69, 9.17) is 4.74 Å². The first kappa shape index (κ1) is 15.4. The highest BCUT2D eigenvalue weighted by Crippen LogP contribution is 2.14. The SMILES string of the molecule is COc1ccc(CCC(=O)NCc2nn3c(C)nnc3s2)cc1. The van der Waals surface area contributed by atoms with E-state index in [0.29, 0.717) is 19.4 Å². The highest BCUT2D eigenvalue weighted by molar-refractivity contribution is 7.16. The summed E-state index contributed by atoms with van der Waals surface area (Å²) in [6, 6.07) is 7.74. The van der Waals surface area contributed by atoms with Gasteiger partial charge in [-0.3, -0.25) is 4.79 Å². The third-order valence-electron chi connectivity index (χ3n) is 3.43. The molecule has 0 radical (unpaired) electrons. The zero-order valence-electron chi connectivity index (χ0n) is 12.9. The molecule has 1 aromatic carbocycles. The van der Waals surface area contributed by atoms with Crippen LogP contribution in [0.3, 0.4) is 0 Å². The Hall–Kier alpha value is -2.48. The van der Waals surface area contributed by atoms with Crippen molar-refractivity contribution in [3.05, 3.63) is 40.7 Å². The molecular formula is C15H17N5O2S. The van der Waals surface area contributed by atoms with Crippen LogP contribution in [0.15, 0.2) is 24.3 Å². The molecule has 0 bridgehead atoms. The highest BCUT2D eigenvalue weighted by atomic mass is 32.1. The Morgan fingerprint density at radius 2 is 2.09 bits per heavy atom. The van der Waals surface area contributed by atoms with Gasteiger partial charge in [0.05, 0.1) is 13.7 Å². The predicted molar refractivity (Wildman–Crippen MR) is 86.6 cm³/mol. The zero-order chi connectivity index (χ0) is 16.2. The van der Waals surface area contributed by atoms with Gasteiger partial charge in [0.25, 0.3) is 0 Å². The van der Waals surface area contributed by atoms with Gasteiger partial charge in [-0.1, -0.05) is 23.5 Å². The number of rotatable bonds is 6. The maximum atomic E-state index is 11.9. The van der Waals surface area contributed by atoms with Crippen LogP contribution >= 0.6 is 11.3 Å². The average Bonchev–Trinajstić information content (AvgIpc) is 3.13. The summed E-state index contributed by atoms with van der Waals surface area (Å²) in [5.74, 6) is 1.56. The molecule has 1 amide bonds. The molecule has 0 spiro atoms. The number of fused-ring (bicyclic) bond motifs is 1. The van der Waals surface area contributed by atoms with Gasteiger partial charge in [0.2, 0.25) is 10.9 Å². The number of aromatic nitrogens is 4. The van der Waals surface area contributed by atoms with Crippen LogP contribution in [-0.4, -0.2) is 32.8 Å². The Balaban J connectivity index is 1.48. The summed E-state index contributed by atoms with van der Waals surface area (Å²) in [4.78, 5) is 12.7. The fraction of sp³-hybridized carbons (Fsp3) is 0.333. The number of nitrogens with one attached hydrogen (secondary N) is 1. The molecule has 0 fully saturated rings. The molecule has 0 saturated carbocycles. The van der Waals surface area contributed by atoms with Gasteiger partial charge in [-0.05, 0) is 31.0 Å². The van der Waals surface area contributed by atoms with Gasteiger partial charge in [-0.15, -0.1) is 10.2 Å². The lowest BCUT2D eigenvalue weighted by Crippen LogP contribution is -2.23. The van der Waals surface area contributed by atoms with E-state index in [0.717, 1.165) is 27.1 Å². The lowest BCUT2D eigenvalue weighted by atomic mass is 10.1. The zero-order valence-corrected chi connectivity index (χ0v) is 13.8. The smallest absolute Gasteiger partial charge is 0.234 e. The minimum absolute atomic E-state index is 0.00325. The van der Waals surface area contributed by atoms with E-state index < -0.39 is 0 Å². The number of hydrogen-bond acceptors (Lipinski definition) is 6. The molecule has 0 aliphatic carbocycles. The van der Waals surface area contributed by atoms with Gasteiger partial charge >= 0.3 is 0 Å². The minimum Gasteiger partial charge on any atom is -0.497 e. The standard InChI is InChI=1S/C15H17N5O2S/c1-10-17-18-15-20(10)19-14(23-15)9-16-13(21)8-5-11-3-6-12(22-2)7-4-11/h3-4,6-7H,5,8-9H2,1-2H3,(H,16,21). The molecule has 2 heterocycles. The van der Waals surface area contributed by atoms with Crippen LogP contribution in [0.4, 0.5) is 0 Å². The van der Waals surface area contributed by atoms with Crippen LogP contribution in [0.5, 0.6) is 5.75 Å². The first-order valence-corrected chi connectivity index (χ1v) is 8.04. The van der Waals surface area contributed by atoms with Crippen molar-refractivity contribution in [1.29, 1.82) is 0 Å². The lowest BCUT2D eigenvalue weighted by molar-refractivity contribution is -0.121. The van der Waals surface area contributed by atoms with Gasteiger partial charge in [0.15, 0.2) is 5.82 Å². The molecule has 3 aromatic rings. The summed E-state index contributed by atoms with van der Waals surface area (Å²) < 4.78 is 6.80. The Morgan fingerprint density at radius 3 is 2.78 bits per heavy atom. The van der Waals surface area contributed by atoms with E-state index in [1.165, 1.54) is 11.3 Å². The molecule has 1 N–H and O–H groups in total. The molecule has 0 aliphatic heterocycles. The average molecular weight is 331 g/mol. The van der Waals surface area contributed by atoms with Crippen molar-refractivity contribution in [1.82, 2.24) is 25.1 Å². The summed E-state index contributed by atoms with van der Waals surface area (Å²) in [6.45, 7) is 2.26.